The Morgan fingerprint density at radius 1 is 1.19 bits per heavy atom. The van der Waals surface area contributed by atoms with Crippen molar-refractivity contribution in [1.82, 2.24) is 5.32 Å². The molecule has 0 aromatic heterocycles. The van der Waals surface area contributed by atoms with Gasteiger partial charge >= 0.3 is 5.97 Å². The Hall–Kier alpha value is -1.06. The maximum absolute atomic E-state index is 12.0. The molecular formula is C12H14ClNO2. The molecule has 0 amide bonds. The lowest BCUT2D eigenvalue weighted by Gasteiger charge is -2.30. The summed E-state index contributed by atoms with van der Waals surface area (Å²) >= 11 is 0. The van der Waals surface area contributed by atoms with Crippen molar-refractivity contribution < 1.29 is 9.53 Å². The number of para-hydroxylation sites is 1. The minimum absolute atomic E-state index is 0. The van der Waals surface area contributed by atoms with Crippen molar-refractivity contribution in [2.75, 3.05) is 13.1 Å². The molecule has 4 heteroatoms. The number of rotatable bonds is 0. The number of fused-ring (bicyclic) bond motifs is 2. The standard InChI is InChI=1S/C12H13NO2.ClH/c14-11-12(5-7-13-8-6-12)9-3-1-2-4-10(9)15-11;/h1-4,13H,5-8H2;1H. The molecule has 86 valence electrons. The monoisotopic (exact) mass is 239 g/mol. The van der Waals surface area contributed by atoms with Crippen LogP contribution in [0.2, 0.25) is 0 Å². The van der Waals surface area contributed by atoms with E-state index in [2.05, 4.69) is 5.32 Å². The minimum atomic E-state index is -0.359. The number of hydrogen-bond donors (Lipinski definition) is 1. The van der Waals surface area contributed by atoms with Crippen molar-refractivity contribution in [1.29, 1.82) is 0 Å². The predicted molar refractivity (Wildman–Crippen MR) is 63.1 cm³/mol. The fourth-order valence-corrected chi connectivity index (χ4v) is 2.59. The van der Waals surface area contributed by atoms with E-state index in [4.69, 9.17) is 4.74 Å². The van der Waals surface area contributed by atoms with E-state index in [0.29, 0.717) is 0 Å². The maximum Gasteiger partial charge on any atom is 0.322 e. The fourth-order valence-electron chi connectivity index (χ4n) is 2.59. The van der Waals surface area contributed by atoms with Crippen molar-refractivity contribution in [2.24, 2.45) is 0 Å². The van der Waals surface area contributed by atoms with Gasteiger partial charge in [-0.3, -0.25) is 4.79 Å². The molecule has 2 heterocycles. The highest BCUT2D eigenvalue weighted by Gasteiger charge is 2.49. The first-order chi connectivity index (χ1) is 7.33. The van der Waals surface area contributed by atoms with Crippen LogP contribution in [-0.2, 0) is 10.2 Å². The van der Waals surface area contributed by atoms with Crippen LogP contribution < -0.4 is 10.1 Å². The average Bonchev–Trinajstić information content (AvgIpc) is 2.55. The lowest BCUT2D eigenvalue weighted by atomic mass is 9.74. The molecule has 1 saturated heterocycles. The van der Waals surface area contributed by atoms with Crippen molar-refractivity contribution in [3.05, 3.63) is 29.8 Å². The average molecular weight is 240 g/mol. The first-order valence-corrected chi connectivity index (χ1v) is 5.35. The van der Waals surface area contributed by atoms with Crippen molar-refractivity contribution in [2.45, 2.75) is 18.3 Å². The second-order valence-electron chi connectivity index (χ2n) is 4.22. The van der Waals surface area contributed by atoms with E-state index in [9.17, 15) is 4.79 Å². The second kappa shape index (κ2) is 4.07. The van der Waals surface area contributed by atoms with Crippen LogP contribution in [0.5, 0.6) is 5.75 Å². The van der Waals surface area contributed by atoms with E-state index in [1.54, 1.807) is 0 Å². The van der Waals surface area contributed by atoms with Gasteiger partial charge in [0, 0.05) is 5.56 Å². The Morgan fingerprint density at radius 3 is 2.62 bits per heavy atom. The summed E-state index contributed by atoms with van der Waals surface area (Å²) in [6.45, 7) is 1.78. The van der Waals surface area contributed by atoms with E-state index in [0.717, 1.165) is 37.2 Å². The van der Waals surface area contributed by atoms with Crippen molar-refractivity contribution in [3.8, 4) is 5.75 Å². The van der Waals surface area contributed by atoms with Crippen LogP contribution in [-0.4, -0.2) is 19.1 Å². The molecule has 0 unspecified atom stereocenters. The highest BCUT2D eigenvalue weighted by atomic mass is 35.5. The fraction of sp³-hybridized carbons (Fsp3) is 0.417. The summed E-state index contributed by atoms with van der Waals surface area (Å²) in [6.07, 6.45) is 1.70. The van der Waals surface area contributed by atoms with E-state index in [1.165, 1.54) is 0 Å². The summed E-state index contributed by atoms with van der Waals surface area (Å²) in [6, 6.07) is 7.78. The van der Waals surface area contributed by atoms with Gasteiger partial charge in [-0.05, 0) is 32.0 Å². The lowest BCUT2D eigenvalue weighted by Crippen LogP contribution is -2.44. The smallest absolute Gasteiger partial charge is 0.322 e. The number of benzene rings is 1. The first-order valence-electron chi connectivity index (χ1n) is 5.35. The Morgan fingerprint density at radius 2 is 1.88 bits per heavy atom. The summed E-state index contributed by atoms with van der Waals surface area (Å²) in [4.78, 5) is 12.0. The molecule has 0 bridgehead atoms. The van der Waals surface area contributed by atoms with Crippen LogP contribution in [0.15, 0.2) is 24.3 Å². The van der Waals surface area contributed by atoms with Gasteiger partial charge in [0.2, 0.25) is 0 Å². The molecule has 1 aromatic rings. The number of nitrogens with one attached hydrogen (secondary N) is 1. The lowest BCUT2D eigenvalue weighted by molar-refractivity contribution is -0.139. The van der Waals surface area contributed by atoms with Gasteiger partial charge in [-0.25, -0.2) is 0 Å². The van der Waals surface area contributed by atoms with E-state index in [1.807, 2.05) is 24.3 Å². The Balaban J connectivity index is 0.000000963. The number of ether oxygens (including phenoxy) is 1. The summed E-state index contributed by atoms with van der Waals surface area (Å²) in [7, 11) is 0. The molecule has 3 rings (SSSR count). The normalized spacial score (nSPS) is 21.1. The highest BCUT2D eigenvalue weighted by molar-refractivity contribution is 5.90. The van der Waals surface area contributed by atoms with Crippen molar-refractivity contribution in [3.63, 3.8) is 0 Å². The largest absolute Gasteiger partial charge is 0.426 e. The van der Waals surface area contributed by atoms with E-state index >= 15 is 0 Å². The van der Waals surface area contributed by atoms with Crippen LogP contribution in [0.4, 0.5) is 0 Å². The summed E-state index contributed by atoms with van der Waals surface area (Å²) in [5, 5.41) is 3.28. The van der Waals surface area contributed by atoms with Crippen LogP contribution in [0, 0.1) is 0 Å². The number of halogens is 1. The third kappa shape index (κ3) is 1.43. The molecular weight excluding hydrogens is 226 g/mol. The minimum Gasteiger partial charge on any atom is -0.426 e. The summed E-state index contributed by atoms with van der Waals surface area (Å²) < 4.78 is 5.33. The molecule has 2 aliphatic heterocycles. The molecule has 0 atom stereocenters. The molecule has 3 nitrogen and oxygen atoms in total. The van der Waals surface area contributed by atoms with Gasteiger partial charge < -0.3 is 10.1 Å². The molecule has 2 aliphatic rings. The molecule has 1 spiro atoms. The number of carbonyl (C=O) groups is 1. The number of piperidine rings is 1. The molecule has 0 radical (unpaired) electrons. The van der Waals surface area contributed by atoms with Crippen LogP contribution in [0.25, 0.3) is 0 Å². The molecule has 16 heavy (non-hydrogen) atoms. The Labute approximate surface area is 101 Å². The quantitative estimate of drug-likeness (QED) is 0.553. The van der Waals surface area contributed by atoms with Gasteiger partial charge in [-0.15, -0.1) is 12.4 Å². The molecule has 1 N–H and O–H groups in total. The topological polar surface area (TPSA) is 38.3 Å². The SMILES string of the molecule is Cl.O=C1Oc2ccccc2C12CCNCC2. The predicted octanol–water partition coefficient (Wildman–Crippen LogP) is 1.65. The zero-order chi connectivity index (χ0) is 10.3. The van der Waals surface area contributed by atoms with Gasteiger partial charge in [0.25, 0.3) is 0 Å². The van der Waals surface area contributed by atoms with E-state index < -0.39 is 0 Å². The maximum atomic E-state index is 12.0. The summed E-state index contributed by atoms with van der Waals surface area (Å²) in [5.74, 6) is 0.689. The van der Waals surface area contributed by atoms with Gasteiger partial charge in [0.15, 0.2) is 0 Å². The van der Waals surface area contributed by atoms with Crippen molar-refractivity contribution >= 4 is 18.4 Å². The van der Waals surface area contributed by atoms with Gasteiger partial charge in [0.1, 0.15) is 5.75 Å². The second-order valence-corrected chi connectivity index (χ2v) is 4.22. The zero-order valence-corrected chi connectivity index (χ0v) is 9.68. The molecule has 1 aromatic carbocycles. The third-order valence-electron chi connectivity index (χ3n) is 3.45. The molecule has 0 saturated carbocycles. The molecule has 0 aliphatic carbocycles. The molecule has 1 fully saturated rings. The first kappa shape index (κ1) is 11.4. The zero-order valence-electron chi connectivity index (χ0n) is 8.86. The number of esters is 1. The summed E-state index contributed by atoms with van der Waals surface area (Å²) in [5.41, 5.74) is 0.721. The van der Waals surface area contributed by atoms with Gasteiger partial charge in [-0.2, -0.15) is 0 Å². The number of carbonyl (C=O) groups excluding carboxylic acids is 1. The van der Waals surface area contributed by atoms with Crippen LogP contribution in [0.1, 0.15) is 18.4 Å². The third-order valence-corrected chi connectivity index (χ3v) is 3.45. The number of hydrogen-bond acceptors (Lipinski definition) is 3. The van der Waals surface area contributed by atoms with Gasteiger partial charge in [0.05, 0.1) is 5.41 Å². The highest BCUT2D eigenvalue weighted by Crippen LogP contribution is 2.44. The van der Waals surface area contributed by atoms with Crippen LogP contribution >= 0.6 is 12.4 Å². The van der Waals surface area contributed by atoms with Crippen LogP contribution in [0.3, 0.4) is 0 Å². The van der Waals surface area contributed by atoms with Gasteiger partial charge in [-0.1, -0.05) is 18.2 Å². The Bertz CT molecular complexity index is 413. The Kier molecular flexibility index (Phi) is 2.91. The van der Waals surface area contributed by atoms with E-state index in [-0.39, 0.29) is 23.8 Å².